The third-order valence-electron chi connectivity index (χ3n) is 0. The summed E-state index contributed by atoms with van der Waals surface area (Å²) in [5.41, 5.74) is 0. The fraction of sp³-hybridized carbons (Fsp3) is 0.500. The quantitative estimate of drug-likeness (QED) is 0.418. The monoisotopic (exact) mass is 222 g/mol. The Bertz CT molecular complexity index is 57.1. The van der Waals surface area contributed by atoms with E-state index in [0.717, 1.165) is 6.92 Å². The fourth-order valence-electron chi connectivity index (χ4n) is 0. The molecule has 0 aromatic carbocycles. The SMILES string of the molecule is CC(=O)O.Cl.Cl.[Ca+2].[H-].[H-].[H-].[H-].[K+].[Li+]. The van der Waals surface area contributed by atoms with E-state index in [9.17, 15) is 0 Å². The van der Waals surface area contributed by atoms with Gasteiger partial charge in [0.15, 0.2) is 0 Å². The van der Waals surface area contributed by atoms with E-state index < -0.39 is 5.97 Å². The van der Waals surface area contributed by atoms with Gasteiger partial charge in [0.05, 0.1) is 0 Å². The van der Waals surface area contributed by atoms with E-state index in [-0.39, 0.29) is 139 Å². The van der Waals surface area contributed by atoms with Gasteiger partial charge in [-0.25, -0.2) is 0 Å². The van der Waals surface area contributed by atoms with Crippen LogP contribution in [0.5, 0.6) is 0 Å². The van der Waals surface area contributed by atoms with Crippen molar-refractivity contribution in [2.24, 2.45) is 0 Å². The van der Waals surface area contributed by atoms with Crippen molar-refractivity contribution in [2.75, 3.05) is 0 Å². The first-order chi connectivity index (χ1) is 1.73. The molecule has 0 rings (SSSR count). The van der Waals surface area contributed by atoms with Crippen LogP contribution in [0.15, 0.2) is 0 Å². The molecule has 0 bridgehead atoms. The molecule has 48 valence electrons. The van der Waals surface area contributed by atoms with Gasteiger partial charge in [-0.1, -0.05) is 0 Å². The van der Waals surface area contributed by atoms with Crippen molar-refractivity contribution in [1.29, 1.82) is 0 Å². The van der Waals surface area contributed by atoms with Crippen LogP contribution in [-0.4, -0.2) is 48.8 Å². The van der Waals surface area contributed by atoms with Gasteiger partial charge in [-0.2, -0.15) is 0 Å². The van der Waals surface area contributed by atoms with Crippen LogP contribution in [0.1, 0.15) is 12.6 Å². The molecule has 0 atom stereocenters. The van der Waals surface area contributed by atoms with E-state index in [1.807, 2.05) is 0 Å². The first-order valence-corrected chi connectivity index (χ1v) is 0.928. The van der Waals surface area contributed by atoms with E-state index >= 15 is 0 Å². The number of carboxylic acids is 1. The molecular formula is C2H10CaCl2KLiO2. The summed E-state index contributed by atoms with van der Waals surface area (Å²) in [6, 6.07) is 0. The van der Waals surface area contributed by atoms with Gasteiger partial charge >= 0.3 is 108 Å². The molecule has 0 saturated heterocycles. The van der Waals surface area contributed by atoms with Crippen LogP contribution in [-0.2, 0) is 4.79 Å². The Kier molecular flexibility index (Phi) is 130. The average Bonchev–Trinajstić information content (AvgIpc) is 0.811. The van der Waals surface area contributed by atoms with Crippen LogP contribution >= 0.6 is 24.8 Å². The van der Waals surface area contributed by atoms with Crippen LogP contribution in [0.3, 0.4) is 0 Å². The summed E-state index contributed by atoms with van der Waals surface area (Å²) < 4.78 is 0. The zero-order valence-electron chi connectivity index (χ0n) is 9.88. The van der Waals surface area contributed by atoms with Crippen molar-refractivity contribution in [1.82, 2.24) is 0 Å². The van der Waals surface area contributed by atoms with Gasteiger partial charge in [-0.3, -0.25) is 4.79 Å². The van der Waals surface area contributed by atoms with Crippen molar-refractivity contribution in [3.8, 4) is 0 Å². The number of rotatable bonds is 0. The topological polar surface area (TPSA) is 37.3 Å². The van der Waals surface area contributed by atoms with Crippen LogP contribution < -0.4 is 70.2 Å². The molecular weight excluding hydrogens is 213 g/mol. The normalized spacial score (nSPS) is 2.78. The summed E-state index contributed by atoms with van der Waals surface area (Å²) in [6.07, 6.45) is 0. The molecule has 0 radical (unpaired) electrons. The van der Waals surface area contributed by atoms with Crippen molar-refractivity contribution in [2.45, 2.75) is 6.92 Å². The number of hydrogen-bond acceptors (Lipinski definition) is 1. The van der Waals surface area contributed by atoms with Crippen LogP contribution in [0.4, 0.5) is 0 Å². The summed E-state index contributed by atoms with van der Waals surface area (Å²) in [5, 5.41) is 7.42. The minimum atomic E-state index is -0.833. The van der Waals surface area contributed by atoms with Gasteiger partial charge in [0.2, 0.25) is 0 Å². The van der Waals surface area contributed by atoms with Gasteiger partial charge in [0.1, 0.15) is 0 Å². The maximum atomic E-state index is 9.00. The second-order valence-corrected chi connectivity index (χ2v) is 0.519. The van der Waals surface area contributed by atoms with E-state index in [4.69, 9.17) is 9.90 Å². The molecule has 2 nitrogen and oxygen atoms in total. The van der Waals surface area contributed by atoms with E-state index in [1.54, 1.807) is 0 Å². The third kappa shape index (κ3) is 83.7. The maximum Gasteiger partial charge on any atom is 2.00 e. The molecule has 0 fully saturated rings. The van der Waals surface area contributed by atoms with Crippen molar-refractivity contribution >= 4 is 68.5 Å². The predicted molar refractivity (Wildman–Crippen MR) is 38.0 cm³/mol. The first-order valence-electron chi connectivity index (χ1n) is 0.928. The van der Waals surface area contributed by atoms with Crippen LogP contribution in [0, 0.1) is 0 Å². The number of carboxylic acid groups (broad SMARTS) is 1. The van der Waals surface area contributed by atoms with E-state index in [2.05, 4.69) is 0 Å². The second kappa shape index (κ2) is 30.0. The molecule has 0 amide bonds. The summed E-state index contributed by atoms with van der Waals surface area (Å²) in [4.78, 5) is 9.00. The number of halogens is 2. The van der Waals surface area contributed by atoms with Crippen LogP contribution in [0.25, 0.3) is 0 Å². The summed E-state index contributed by atoms with van der Waals surface area (Å²) in [6.45, 7) is 1.08. The minimum absolute atomic E-state index is 0. The van der Waals surface area contributed by atoms with Gasteiger partial charge in [0.25, 0.3) is 5.97 Å². The Morgan fingerprint density at radius 2 is 1.44 bits per heavy atom. The van der Waals surface area contributed by atoms with Crippen LogP contribution in [0.2, 0.25) is 0 Å². The van der Waals surface area contributed by atoms with Gasteiger partial charge in [0, 0.05) is 6.92 Å². The molecule has 0 spiro atoms. The van der Waals surface area contributed by atoms with Gasteiger partial charge in [-0.15, -0.1) is 24.8 Å². The Hall–Kier alpha value is 3.54. The van der Waals surface area contributed by atoms with Gasteiger partial charge < -0.3 is 10.8 Å². The first kappa shape index (κ1) is 39.0. The molecule has 0 saturated carbocycles. The minimum Gasteiger partial charge on any atom is -1.00 e. The molecule has 1 N–H and O–H groups in total. The molecule has 9 heavy (non-hydrogen) atoms. The molecule has 7 heteroatoms. The van der Waals surface area contributed by atoms with E-state index in [0.29, 0.717) is 0 Å². The Labute approximate surface area is 158 Å². The molecule has 0 aromatic rings. The largest absolute Gasteiger partial charge is 2.00 e. The Morgan fingerprint density at radius 1 is 1.44 bits per heavy atom. The predicted octanol–water partition coefficient (Wildman–Crippen LogP) is -4.99. The Balaban J connectivity index is -0.00000000125. The van der Waals surface area contributed by atoms with Crippen molar-refractivity contribution in [3.05, 3.63) is 0 Å². The molecule has 0 aliphatic carbocycles. The molecule has 0 aliphatic rings. The number of hydrogen-bond donors (Lipinski definition) is 1. The molecule has 0 aromatic heterocycles. The molecule has 0 unspecified atom stereocenters. The zero-order valence-corrected chi connectivity index (χ0v) is 12.8. The third-order valence-corrected chi connectivity index (χ3v) is 0. The smallest absolute Gasteiger partial charge is 1.00 e. The second-order valence-electron chi connectivity index (χ2n) is 0.519. The average molecular weight is 223 g/mol. The van der Waals surface area contributed by atoms with Crippen molar-refractivity contribution in [3.63, 3.8) is 0 Å². The summed E-state index contributed by atoms with van der Waals surface area (Å²) in [7, 11) is 0. The molecule has 0 aliphatic heterocycles. The standard InChI is InChI=1S/C2H4O2.Ca.2ClH.K.Li.4H/c1-2(3)4;;;;;;;;;/h1H3,(H,3,4);;2*1H;;;;;;/q;+2;;;2*+1;4*-1. The number of carbonyl (C=O) groups is 1. The van der Waals surface area contributed by atoms with Crippen molar-refractivity contribution < 1.29 is 85.9 Å². The fourth-order valence-corrected chi connectivity index (χ4v) is 0. The zero-order chi connectivity index (χ0) is 3.58. The number of aliphatic carboxylic acids is 1. The summed E-state index contributed by atoms with van der Waals surface area (Å²) >= 11 is 0. The molecule has 0 heterocycles. The Morgan fingerprint density at radius 3 is 1.44 bits per heavy atom. The summed E-state index contributed by atoms with van der Waals surface area (Å²) in [5.74, 6) is -0.833. The maximum absolute atomic E-state index is 9.00. The van der Waals surface area contributed by atoms with Gasteiger partial charge in [-0.05, 0) is 0 Å². The van der Waals surface area contributed by atoms with E-state index in [1.165, 1.54) is 0 Å².